The van der Waals surface area contributed by atoms with Crippen molar-refractivity contribution in [1.82, 2.24) is 0 Å². The third-order valence-electron chi connectivity index (χ3n) is 2.70. The third kappa shape index (κ3) is 2.52. The summed E-state index contributed by atoms with van der Waals surface area (Å²) in [5.41, 5.74) is 3.63. The molecule has 2 aromatic rings. The van der Waals surface area contributed by atoms with Crippen molar-refractivity contribution in [2.45, 2.75) is 12.8 Å². The van der Waals surface area contributed by atoms with E-state index in [-0.39, 0.29) is 0 Å². The topological polar surface area (TPSA) is 0 Å². The Morgan fingerprint density at radius 2 is 1.50 bits per heavy atom. The average molecular weight is 206 g/mol. The quantitative estimate of drug-likeness (QED) is 0.675. The predicted molar refractivity (Wildman–Crippen MR) is 68.2 cm³/mol. The molecule has 0 fully saturated rings. The lowest BCUT2D eigenvalue weighted by atomic mass is 10.0. The molecule has 16 heavy (non-hydrogen) atoms. The molecule has 0 atom stereocenters. The van der Waals surface area contributed by atoms with E-state index >= 15 is 0 Å². The van der Waals surface area contributed by atoms with Gasteiger partial charge < -0.3 is 0 Å². The van der Waals surface area contributed by atoms with Crippen molar-refractivity contribution in [3.63, 3.8) is 0 Å². The van der Waals surface area contributed by atoms with Crippen molar-refractivity contribution < 1.29 is 0 Å². The van der Waals surface area contributed by atoms with Crippen molar-refractivity contribution in [3.8, 4) is 12.3 Å². The lowest BCUT2D eigenvalue weighted by molar-refractivity contribution is 0.957. The van der Waals surface area contributed by atoms with Crippen LogP contribution in [-0.2, 0) is 12.8 Å². The fourth-order valence-corrected chi connectivity index (χ4v) is 1.80. The lowest BCUT2D eigenvalue weighted by Gasteiger charge is -2.04. The number of rotatable bonds is 3. The molecule has 0 spiro atoms. The molecule has 0 aliphatic rings. The number of hydrogen-bond donors (Lipinski definition) is 0. The molecular weight excluding hydrogens is 192 g/mol. The zero-order valence-corrected chi connectivity index (χ0v) is 9.19. The molecule has 2 aromatic carbocycles. The molecule has 0 aliphatic carbocycles. The molecule has 0 N–H and O–H groups in total. The zero-order valence-electron chi connectivity index (χ0n) is 9.19. The van der Waals surface area contributed by atoms with Gasteiger partial charge in [0.05, 0.1) is 0 Å². The van der Waals surface area contributed by atoms with Crippen LogP contribution in [0.4, 0.5) is 0 Å². The molecule has 0 nitrogen and oxygen atoms in total. The van der Waals surface area contributed by atoms with Crippen molar-refractivity contribution >= 4 is 0 Å². The van der Waals surface area contributed by atoms with Gasteiger partial charge in [0.25, 0.3) is 0 Å². The van der Waals surface area contributed by atoms with E-state index in [2.05, 4.69) is 36.3 Å². The van der Waals surface area contributed by atoms with Crippen molar-refractivity contribution in [2.24, 2.45) is 0 Å². The summed E-state index contributed by atoms with van der Waals surface area (Å²) in [4.78, 5) is 0. The summed E-state index contributed by atoms with van der Waals surface area (Å²) < 4.78 is 0. The molecule has 2 rings (SSSR count). The van der Waals surface area contributed by atoms with E-state index < -0.39 is 0 Å². The summed E-state index contributed by atoms with van der Waals surface area (Å²) in [5.74, 6) is 2.73. The Bertz CT molecular complexity index is 489. The van der Waals surface area contributed by atoms with Crippen molar-refractivity contribution in [3.05, 3.63) is 71.3 Å². The summed E-state index contributed by atoms with van der Waals surface area (Å²) in [6, 6.07) is 18.6. The Morgan fingerprint density at radius 1 is 0.812 bits per heavy atom. The Kier molecular flexibility index (Phi) is 3.41. The Morgan fingerprint density at radius 3 is 2.25 bits per heavy atom. The molecule has 0 saturated carbocycles. The van der Waals surface area contributed by atoms with Gasteiger partial charge >= 0.3 is 0 Å². The molecule has 0 heteroatoms. The summed E-state index contributed by atoms with van der Waals surface area (Å²) in [6.45, 7) is 0. The van der Waals surface area contributed by atoms with E-state index in [4.69, 9.17) is 6.42 Å². The Balaban J connectivity index is 2.09. The van der Waals surface area contributed by atoms with Crippen LogP contribution in [-0.4, -0.2) is 0 Å². The van der Waals surface area contributed by atoms with Gasteiger partial charge in [-0.25, -0.2) is 0 Å². The summed E-state index contributed by atoms with van der Waals surface area (Å²) in [7, 11) is 0. The van der Waals surface area contributed by atoms with Crippen LogP contribution in [0.15, 0.2) is 54.6 Å². The largest absolute Gasteiger partial charge is 0.115 e. The number of benzene rings is 2. The van der Waals surface area contributed by atoms with Crippen molar-refractivity contribution in [1.29, 1.82) is 0 Å². The van der Waals surface area contributed by atoms with Crippen LogP contribution in [0.1, 0.15) is 16.7 Å². The highest BCUT2D eigenvalue weighted by Gasteiger charge is 1.99. The van der Waals surface area contributed by atoms with Gasteiger partial charge in [-0.15, -0.1) is 6.42 Å². The molecule has 0 bridgehead atoms. The van der Waals surface area contributed by atoms with Gasteiger partial charge in [-0.1, -0.05) is 54.5 Å². The van der Waals surface area contributed by atoms with Gasteiger partial charge in [0.1, 0.15) is 0 Å². The van der Waals surface area contributed by atoms with Gasteiger partial charge in [0, 0.05) is 5.56 Å². The van der Waals surface area contributed by atoms with Crippen LogP contribution >= 0.6 is 0 Å². The molecule has 0 aromatic heterocycles. The second kappa shape index (κ2) is 5.19. The van der Waals surface area contributed by atoms with Gasteiger partial charge in [-0.05, 0) is 30.0 Å². The average Bonchev–Trinajstić information content (AvgIpc) is 2.38. The molecule has 0 saturated heterocycles. The van der Waals surface area contributed by atoms with Crippen LogP contribution in [0, 0.1) is 12.3 Å². The minimum absolute atomic E-state index is 1.00. The van der Waals surface area contributed by atoms with E-state index in [1.165, 1.54) is 11.1 Å². The fraction of sp³-hybridized carbons (Fsp3) is 0.125. The SMILES string of the molecule is C#Cc1ccccc1CCc1ccccc1. The standard InChI is InChI=1S/C16H14/c1-2-15-10-6-7-11-16(15)13-12-14-8-4-3-5-9-14/h1,3-11H,12-13H2. The highest BCUT2D eigenvalue weighted by Crippen LogP contribution is 2.11. The highest BCUT2D eigenvalue weighted by atomic mass is 14.0. The van der Waals surface area contributed by atoms with Gasteiger partial charge in [-0.2, -0.15) is 0 Å². The van der Waals surface area contributed by atoms with E-state index in [0.717, 1.165) is 18.4 Å². The van der Waals surface area contributed by atoms with Crippen molar-refractivity contribution in [2.75, 3.05) is 0 Å². The van der Waals surface area contributed by atoms with Gasteiger partial charge in [0.2, 0.25) is 0 Å². The first-order chi connectivity index (χ1) is 7.90. The van der Waals surface area contributed by atoms with Crippen LogP contribution in [0.5, 0.6) is 0 Å². The highest BCUT2D eigenvalue weighted by molar-refractivity contribution is 5.40. The number of terminal acetylenes is 1. The first kappa shape index (κ1) is 10.5. The molecular formula is C16H14. The summed E-state index contributed by atoms with van der Waals surface area (Å²) >= 11 is 0. The minimum atomic E-state index is 1.00. The van der Waals surface area contributed by atoms with Crippen LogP contribution in [0.3, 0.4) is 0 Å². The predicted octanol–water partition coefficient (Wildman–Crippen LogP) is 3.45. The molecule has 78 valence electrons. The minimum Gasteiger partial charge on any atom is -0.115 e. The van der Waals surface area contributed by atoms with Gasteiger partial charge in [0.15, 0.2) is 0 Å². The van der Waals surface area contributed by atoms with Gasteiger partial charge in [-0.3, -0.25) is 0 Å². The van der Waals surface area contributed by atoms with Crippen LogP contribution in [0.25, 0.3) is 0 Å². The van der Waals surface area contributed by atoms with E-state index in [9.17, 15) is 0 Å². The van der Waals surface area contributed by atoms with E-state index in [1.807, 2.05) is 24.3 Å². The maximum absolute atomic E-state index is 5.47. The monoisotopic (exact) mass is 206 g/mol. The van der Waals surface area contributed by atoms with E-state index in [0.29, 0.717) is 0 Å². The maximum Gasteiger partial charge on any atom is 0.0274 e. The van der Waals surface area contributed by atoms with Crippen LogP contribution in [0.2, 0.25) is 0 Å². The molecule has 0 unspecified atom stereocenters. The number of aryl methyl sites for hydroxylation is 2. The normalized spacial score (nSPS) is 9.69. The van der Waals surface area contributed by atoms with Crippen LogP contribution < -0.4 is 0 Å². The molecule has 0 heterocycles. The lowest BCUT2D eigenvalue weighted by Crippen LogP contribution is -1.94. The summed E-state index contributed by atoms with van der Waals surface area (Å²) in [6.07, 6.45) is 7.52. The molecule has 0 amide bonds. The maximum atomic E-state index is 5.47. The molecule has 0 aliphatic heterocycles. The third-order valence-corrected chi connectivity index (χ3v) is 2.70. The Hall–Kier alpha value is -2.00. The smallest absolute Gasteiger partial charge is 0.0274 e. The first-order valence-electron chi connectivity index (χ1n) is 5.48. The zero-order chi connectivity index (χ0) is 11.2. The fourth-order valence-electron chi connectivity index (χ4n) is 1.80. The molecule has 0 radical (unpaired) electrons. The second-order valence-corrected chi connectivity index (χ2v) is 3.79. The second-order valence-electron chi connectivity index (χ2n) is 3.79. The first-order valence-corrected chi connectivity index (χ1v) is 5.48. The van der Waals surface area contributed by atoms with E-state index in [1.54, 1.807) is 0 Å². The Labute approximate surface area is 96.9 Å². The number of hydrogen-bond acceptors (Lipinski definition) is 0. The summed E-state index contributed by atoms with van der Waals surface area (Å²) in [5, 5.41) is 0.